The Kier molecular flexibility index (Phi) is 6.82. The van der Waals surface area contributed by atoms with Gasteiger partial charge in [-0.3, -0.25) is 19.4 Å². The second kappa shape index (κ2) is 10.2. The molecular formula is C29H30Cl2N6O3. The second-order valence-electron chi connectivity index (χ2n) is 10.9. The van der Waals surface area contributed by atoms with E-state index in [1.165, 1.54) is 12.8 Å². The van der Waals surface area contributed by atoms with E-state index in [1.54, 1.807) is 39.7 Å². The number of nitrogens with zero attached hydrogens (tertiary/aromatic N) is 5. The molecule has 3 amide bonds. The quantitative estimate of drug-likeness (QED) is 0.477. The molecule has 0 saturated heterocycles. The van der Waals surface area contributed by atoms with Gasteiger partial charge in [-0.2, -0.15) is 5.10 Å². The van der Waals surface area contributed by atoms with Crippen molar-refractivity contribution in [1.82, 2.24) is 29.9 Å². The van der Waals surface area contributed by atoms with Crippen molar-refractivity contribution >= 4 is 40.9 Å². The van der Waals surface area contributed by atoms with Crippen molar-refractivity contribution in [3.05, 3.63) is 80.3 Å². The van der Waals surface area contributed by atoms with Gasteiger partial charge in [-0.05, 0) is 56.5 Å². The van der Waals surface area contributed by atoms with Crippen molar-refractivity contribution < 1.29 is 14.4 Å². The summed E-state index contributed by atoms with van der Waals surface area (Å²) in [6.45, 7) is 4.27. The van der Waals surface area contributed by atoms with Crippen LogP contribution < -0.4 is 5.32 Å². The lowest BCUT2D eigenvalue weighted by Crippen LogP contribution is -2.49. The predicted molar refractivity (Wildman–Crippen MR) is 150 cm³/mol. The van der Waals surface area contributed by atoms with Crippen molar-refractivity contribution in [3.8, 4) is 0 Å². The summed E-state index contributed by atoms with van der Waals surface area (Å²) in [5, 5.41) is 8.16. The van der Waals surface area contributed by atoms with Crippen LogP contribution >= 0.6 is 23.2 Å². The van der Waals surface area contributed by atoms with E-state index in [0.29, 0.717) is 39.2 Å². The Morgan fingerprint density at radius 2 is 1.90 bits per heavy atom. The molecule has 2 aliphatic heterocycles. The number of carbonyl (C=O) groups excluding carboxylic acids is 3. The summed E-state index contributed by atoms with van der Waals surface area (Å²) in [6, 6.07) is 7.68. The predicted octanol–water partition coefficient (Wildman–Crippen LogP) is 4.55. The van der Waals surface area contributed by atoms with Gasteiger partial charge in [0.2, 0.25) is 5.91 Å². The molecule has 0 radical (unpaired) electrons. The van der Waals surface area contributed by atoms with Crippen molar-refractivity contribution in [2.45, 2.75) is 63.7 Å². The van der Waals surface area contributed by atoms with E-state index in [9.17, 15) is 14.4 Å². The summed E-state index contributed by atoms with van der Waals surface area (Å²) in [5.41, 5.74) is 4.15. The van der Waals surface area contributed by atoms with Crippen LogP contribution in [0.5, 0.6) is 0 Å². The van der Waals surface area contributed by atoms with Gasteiger partial charge >= 0.3 is 0 Å². The van der Waals surface area contributed by atoms with Gasteiger partial charge in [-0.25, -0.2) is 4.68 Å². The first-order valence-electron chi connectivity index (χ1n) is 13.5. The first kappa shape index (κ1) is 26.8. The normalized spacial score (nSPS) is 21.1. The molecule has 0 unspecified atom stereocenters. The molecule has 6 rings (SSSR count). The van der Waals surface area contributed by atoms with Crippen LogP contribution in [0, 0.1) is 0 Å². The van der Waals surface area contributed by atoms with E-state index in [1.807, 2.05) is 32.2 Å². The molecule has 1 aliphatic carbocycles. The Hall–Kier alpha value is -3.43. The fourth-order valence-electron chi connectivity index (χ4n) is 5.72. The topological polar surface area (TPSA) is 100 Å². The van der Waals surface area contributed by atoms with E-state index in [4.69, 9.17) is 28.3 Å². The summed E-state index contributed by atoms with van der Waals surface area (Å²) < 4.78 is 1.56. The van der Waals surface area contributed by atoms with Gasteiger partial charge < -0.3 is 15.1 Å². The molecule has 0 bridgehead atoms. The van der Waals surface area contributed by atoms with Crippen LogP contribution in [0.2, 0.25) is 10.0 Å². The van der Waals surface area contributed by atoms with Crippen LogP contribution in [-0.2, 0) is 17.8 Å². The summed E-state index contributed by atoms with van der Waals surface area (Å²) in [4.78, 5) is 48.8. The zero-order valence-electron chi connectivity index (χ0n) is 22.5. The number of nitrogens with one attached hydrogen (secondary N) is 1. The first-order chi connectivity index (χ1) is 19.2. The van der Waals surface area contributed by atoms with E-state index < -0.39 is 6.04 Å². The molecule has 0 spiro atoms. The van der Waals surface area contributed by atoms with Crippen LogP contribution in [-0.4, -0.2) is 61.9 Å². The van der Waals surface area contributed by atoms with Crippen molar-refractivity contribution in [2.75, 3.05) is 13.6 Å². The first-order valence-corrected chi connectivity index (χ1v) is 14.3. The van der Waals surface area contributed by atoms with E-state index >= 15 is 0 Å². The van der Waals surface area contributed by atoms with Crippen molar-refractivity contribution in [2.24, 2.45) is 0 Å². The summed E-state index contributed by atoms with van der Waals surface area (Å²) >= 11 is 12.2. The number of aromatic nitrogens is 3. The number of rotatable bonds is 5. The Morgan fingerprint density at radius 1 is 1.12 bits per heavy atom. The van der Waals surface area contributed by atoms with Crippen LogP contribution in [0.15, 0.2) is 36.5 Å². The molecule has 9 nitrogen and oxygen atoms in total. The minimum Gasteiger partial charge on any atom is -0.357 e. The largest absolute Gasteiger partial charge is 0.357 e. The molecule has 2 aromatic heterocycles. The molecule has 1 N–H and O–H groups in total. The molecule has 1 aromatic carbocycles. The van der Waals surface area contributed by atoms with Gasteiger partial charge in [0.15, 0.2) is 0 Å². The average Bonchev–Trinajstić information content (AvgIpc) is 3.74. The molecule has 3 aromatic rings. The molecule has 208 valence electrons. The van der Waals surface area contributed by atoms with Gasteiger partial charge in [0.1, 0.15) is 11.7 Å². The zero-order chi connectivity index (χ0) is 28.3. The van der Waals surface area contributed by atoms with Gasteiger partial charge in [0, 0.05) is 48.4 Å². The lowest BCUT2D eigenvalue weighted by Gasteiger charge is -2.38. The number of halogens is 2. The lowest BCUT2D eigenvalue weighted by molar-refractivity contribution is -0.125. The van der Waals surface area contributed by atoms with Crippen molar-refractivity contribution in [1.29, 1.82) is 0 Å². The Morgan fingerprint density at radius 3 is 2.55 bits per heavy atom. The van der Waals surface area contributed by atoms with E-state index in [0.717, 1.165) is 17.0 Å². The Labute approximate surface area is 242 Å². The summed E-state index contributed by atoms with van der Waals surface area (Å²) in [7, 11) is 1.58. The van der Waals surface area contributed by atoms with Gasteiger partial charge in [-0.15, -0.1) is 0 Å². The highest BCUT2D eigenvalue weighted by atomic mass is 35.5. The van der Waals surface area contributed by atoms with Crippen LogP contribution in [0.25, 0.3) is 0 Å². The molecular weight excluding hydrogens is 551 g/mol. The fourth-order valence-corrected chi connectivity index (χ4v) is 6.02. The Bertz CT molecular complexity index is 1520. The van der Waals surface area contributed by atoms with E-state index in [-0.39, 0.29) is 42.9 Å². The average molecular weight is 582 g/mol. The van der Waals surface area contributed by atoms with E-state index in [2.05, 4.69) is 10.3 Å². The van der Waals surface area contributed by atoms with Gasteiger partial charge in [0.25, 0.3) is 11.8 Å². The highest BCUT2D eigenvalue weighted by Gasteiger charge is 2.43. The van der Waals surface area contributed by atoms with Crippen LogP contribution in [0.4, 0.5) is 0 Å². The van der Waals surface area contributed by atoms with Crippen LogP contribution in [0.3, 0.4) is 0 Å². The standard InChI is InChI=1S/C29H30Cl2N6O3/c1-15-10-24-20(13-35(15)28(39)18-6-8-21(30)22(31)11-18)26-29(40)36(14-25(27(38)32-3)37(26)34-24)16(2)19-7-9-23(33-12-19)17-4-5-17/h6-9,11-12,15-17,25H,4-5,10,13-14H2,1-3H3,(H,32,38)/t15-,16-,25+/m1/s1. The maximum absolute atomic E-state index is 14.1. The molecule has 1 saturated carbocycles. The third-order valence-electron chi connectivity index (χ3n) is 8.30. The third kappa shape index (κ3) is 4.55. The number of pyridine rings is 1. The summed E-state index contributed by atoms with van der Waals surface area (Å²) in [5.74, 6) is -0.125. The molecule has 3 aliphatic rings. The SMILES string of the molecule is CNC(=O)[C@@H]1CN([C@H](C)c2ccc(C3CC3)nc2)C(=O)c2c3c(nn21)C[C@@H](C)N(C(=O)c1ccc(Cl)c(Cl)c1)C3. The lowest BCUT2D eigenvalue weighted by atomic mass is 9.96. The third-order valence-corrected chi connectivity index (χ3v) is 9.04. The number of amides is 3. The number of likely N-dealkylation sites (N-methyl/N-ethyl adjacent to an activating group) is 1. The maximum atomic E-state index is 14.1. The number of benzene rings is 1. The van der Waals surface area contributed by atoms with Crippen LogP contribution in [0.1, 0.15) is 88.1 Å². The minimum atomic E-state index is -0.695. The fraction of sp³-hybridized carbons (Fsp3) is 0.414. The van der Waals surface area contributed by atoms with Crippen molar-refractivity contribution in [3.63, 3.8) is 0 Å². The minimum absolute atomic E-state index is 0.175. The molecule has 1 fully saturated rings. The number of hydrogen-bond donors (Lipinski definition) is 1. The summed E-state index contributed by atoms with van der Waals surface area (Å²) in [6.07, 6.45) is 4.62. The molecule has 11 heteroatoms. The molecule has 40 heavy (non-hydrogen) atoms. The van der Waals surface area contributed by atoms with Gasteiger partial charge in [0.05, 0.1) is 34.9 Å². The number of fused-ring (bicyclic) bond motifs is 3. The molecule has 4 heterocycles. The second-order valence-corrected chi connectivity index (χ2v) is 11.7. The highest BCUT2D eigenvalue weighted by Crippen LogP contribution is 2.40. The van der Waals surface area contributed by atoms with Gasteiger partial charge in [-0.1, -0.05) is 29.3 Å². The number of hydrogen-bond acceptors (Lipinski definition) is 5. The highest BCUT2D eigenvalue weighted by molar-refractivity contribution is 6.42. The zero-order valence-corrected chi connectivity index (χ0v) is 24.0. The maximum Gasteiger partial charge on any atom is 0.273 e. The Balaban J connectivity index is 1.35. The molecule has 3 atom stereocenters. The smallest absolute Gasteiger partial charge is 0.273 e. The monoisotopic (exact) mass is 580 g/mol. The number of carbonyl (C=O) groups is 3.